The van der Waals surface area contributed by atoms with Crippen molar-refractivity contribution in [1.82, 2.24) is 0 Å². The minimum atomic E-state index is -0.398. The minimum Gasteiger partial charge on any atom is -0.206 e. The first kappa shape index (κ1) is 18.2. The topological polar surface area (TPSA) is 0 Å². The molecule has 0 fully saturated rings. The van der Waals surface area contributed by atoms with Gasteiger partial charge in [0.15, 0.2) is 0 Å². The highest BCUT2D eigenvalue weighted by Gasteiger charge is 2.00. The Kier molecular flexibility index (Phi) is 6.10. The summed E-state index contributed by atoms with van der Waals surface area (Å²) < 4.78 is 13.8. The lowest BCUT2D eigenvalue weighted by Gasteiger charge is -2.04. The van der Waals surface area contributed by atoms with Crippen LogP contribution in [-0.2, 0) is 6.42 Å². The monoisotopic (exact) mass is 362 g/mol. The van der Waals surface area contributed by atoms with Crippen LogP contribution < -0.4 is 0 Å². The molecule has 0 amide bonds. The lowest BCUT2D eigenvalue weighted by atomic mass is 10.0. The van der Waals surface area contributed by atoms with Gasteiger partial charge in [0.2, 0.25) is 0 Å². The van der Waals surface area contributed by atoms with Crippen LogP contribution in [-0.4, -0.2) is 0 Å². The van der Waals surface area contributed by atoms with Gasteiger partial charge >= 0.3 is 0 Å². The number of benzene rings is 3. The molecule has 3 aromatic rings. The second-order valence-corrected chi connectivity index (χ2v) is 6.69. The summed E-state index contributed by atoms with van der Waals surface area (Å²) in [6, 6.07) is 21.2. The van der Waals surface area contributed by atoms with E-state index in [0.717, 1.165) is 17.5 Å². The molecule has 0 aliphatic carbocycles. The van der Waals surface area contributed by atoms with Crippen LogP contribution in [0.5, 0.6) is 0 Å². The summed E-state index contributed by atoms with van der Waals surface area (Å²) in [5, 5.41) is 0.373. The maximum atomic E-state index is 13.8. The number of hydrogen-bond donors (Lipinski definition) is 0. The molecule has 26 heavy (non-hydrogen) atoms. The lowest BCUT2D eigenvalue weighted by molar-refractivity contribution is 0.624. The van der Waals surface area contributed by atoms with E-state index >= 15 is 0 Å². The van der Waals surface area contributed by atoms with Crippen LogP contribution in [0.1, 0.15) is 36.5 Å². The van der Waals surface area contributed by atoms with Crippen molar-refractivity contribution in [3.63, 3.8) is 0 Å². The first-order chi connectivity index (χ1) is 12.7. The molecular weight excluding hydrogens is 343 g/mol. The molecule has 0 nitrogen and oxygen atoms in total. The summed E-state index contributed by atoms with van der Waals surface area (Å²) in [6.45, 7) is 2.21. The first-order valence-corrected chi connectivity index (χ1v) is 9.20. The van der Waals surface area contributed by atoms with Crippen molar-refractivity contribution >= 4 is 11.6 Å². The molecule has 0 aliphatic rings. The molecule has 0 spiro atoms. The van der Waals surface area contributed by atoms with Crippen LogP contribution in [0.3, 0.4) is 0 Å². The van der Waals surface area contributed by atoms with Crippen molar-refractivity contribution in [1.29, 1.82) is 0 Å². The summed E-state index contributed by atoms with van der Waals surface area (Å²) in [7, 11) is 0. The third kappa shape index (κ3) is 4.75. The quantitative estimate of drug-likeness (QED) is 0.443. The van der Waals surface area contributed by atoms with Crippen LogP contribution in [0.25, 0.3) is 11.1 Å². The molecule has 0 N–H and O–H groups in total. The van der Waals surface area contributed by atoms with E-state index in [4.69, 9.17) is 11.6 Å². The van der Waals surface area contributed by atoms with Gasteiger partial charge in [-0.1, -0.05) is 73.2 Å². The van der Waals surface area contributed by atoms with Gasteiger partial charge < -0.3 is 0 Å². The van der Waals surface area contributed by atoms with E-state index in [0.29, 0.717) is 10.6 Å². The third-order valence-corrected chi connectivity index (χ3v) is 4.50. The largest absolute Gasteiger partial charge is 0.206 e. The second kappa shape index (κ2) is 8.70. The Morgan fingerprint density at radius 1 is 0.846 bits per heavy atom. The van der Waals surface area contributed by atoms with Gasteiger partial charge in [-0.15, -0.1) is 0 Å². The highest BCUT2D eigenvalue weighted by Crippen LogP contribution is 2.21. The maximum Gasteiger partial charge on any atom is 0.140 e. The number of aryl methyl sites for hydroxylation is 1. The van der Waals surface area contributed by atoms with Gasteiger partial charge in [-0.3, -0.25) is 0 Å². The van der Waals surface area contributed by atoms with Crippen LogP contribution >= 0.6 is 11.6 Å². The normalized spacial score (nSPS) is 10.3. The molecule has 0 heterocycles. The molecule has 2 heteroatoms. The predicted octanol–water partition coefficient (Wildman–Crippen LogP) is 6.89. The number of rotatable bonds is 4. The molecule has 0 saturated carbocycles. The molecule has 0 saturated heterocycles. The average molecular weight is 363 g/mol. The molecule has 0 aliphatic heterocycles. The number of halogens is 2. The Hall–Kier alpha value is -2.56. The fourth-order valence-electron chi connectivity index (χ4n) is 2.72. The van der Waals surface area contributed by atoms with Crippen LogP contribution in [0.15, 0.2) is 66.7 Å². The van der Waals surface area contributed by atoms with Gasteiger partial charge in [-0.05, 0) is 59.9 Å². The number of unbranched alkanes of at least 4 members (excludes halogenated alkanes) is 1. The number of hydrogen-bond acceptors (Lipinski definition) is 0. The zero-order chi connectivity index (χ0) is 18.4. The fraction of sp³-hybridized carbons (Fsp3) is 0.167. The Balaban J connectivity index is 1.73. The van der Waals surface area contributed by atoms with Crippen molar-refractivity contribution < 1.29 is 4.39 Å². The minimum absolute atomic E-state index is 0.348. The summed E-state index contributed by atoms with van der Waals surface area (Å²) >= 11 is 5.76. The summed E-state index contributed by atoms with van der Waals surface area (Å²) in [4.78, 5) is 0. The smallest absolute Gasteiger partial charge is 0.140 e. The summed E-state index contributed by atoms with van der Waals surface area (Å²) in [5.41, 5.74) is 4.91. The van der Waals surface area contributed by atoms with Crippen LogP contribution in [0.4, 0.5) is 4.39 Å². The molecule has 0 unspecified atom stereocenters. The first-order valence-electron chi connectivity index (χ1n) is 8.82. The SMILES string of the molecule is CCCCc1ccc(-c2ccc(C#Cc3ccc(Cl)cc3F)cc2)cc1. The van der Waals surface area contributed by atoms with Crippen molar-refractivity contribution in [2.45, 2.75) is 26.2 Å². The van der Waals surface area contributed by atoms with E-state index in [1.165, 1.54) is 30.0 Å². The van der Waals surface area contributed by atoms with Gasteiger partial charge in [0.1, 0.15) is 5.82 Å². The van der Waals surface area contributed by atoms with Crippen molar-refractivity contribution in [2.75, 3.05) is 0 Å². The highest BCUT2D eigenvalue weighted by molar-refractivity contribution is 6.30. The molecule has 0 bridgehead atoms. The molecule has 3 aromatic carbocycles. The van der Waals surface area contributed by atoms with E-state index in [1.54, 1.807) is 12.1 Å². The molecular formula is C24H20ClF. The molecule has 3 rings (SSSR count). The molecule has 0 aromatic heterocycles. The van der Waals surface area contributed by atoms with Crippen LogP contribution in [0.2, 0.25) is 5.02 Å². The fourth-order valence-corrected chi connectivity index (χ4v) is 2.88. The van der Waals surface area contributed by atoms with Crippen molar-refractivity contribution in [2.24, 2.45) is 0 Å². The lowest BCUT2D eigenvalue weighted by Crippen LogP contribution is -1.85. The van der Waals surface area contributed by atoms with E-state index < -0.39 is 5.82 Å². The Labute approximate surface area is 159 Å². The molecule has 130 valence electrons. The van der Waals surface area contributed by atoms with E-state index in [9.17, 15) is 4.39 Å². The zero-order valence-electron chi connectivity index (χ0n) is 14.7. The zero-order valence-corrected chi connectivity index (χ0v) is 15.5. The van der Waals surface area contributed by atoms with Gasteiger partial charge in [0.25, 0.3) is 0 Å². The van der Waals surface area contributed by atoms with Gasteiger partial charge in [0, 0.05) is 10.6 Å². The standard InChI is InChI=1S/C24H20ClF/c1-2-3-4-18-5-10-20(11-6-18)21-12-7-19(8-13-21)9-14-22-15-16-23(25)17-24(22)26/h5-8,10-13,15-17H,2-4H2,1H3. The Morgan fingerprint density at radius 2 is 1.50 bits per heavy atom. The van der Waals surface area contributed by atoms with Gasteiger partial charge in [0.05, 0.1) is 5.56 Å². The van der Waals surface area contributed by atoms with Gasteiger partial charge in [-0.25, -0.2) is 4.39 Å². The Morgan fingerprint density at radius 3 is 2.12 bits per heavy atom. The van der Waals surface area contributed by atoms with E-state index in [1.807, 2.05) is 24.3 Å². The third-order valence-electron chi connectivity index (χ3n) is 4.26. The van der Waals surface area contributed by atoms with E-state index in [-0.39, 0.29) is 0 Å². The molecule has 0 atom stereocenters. The Bertz CT molecular complexity index is 929. The van der Waals surface area contributed by atoms with E-state index in [2.05, 4.69) is 43.0 Å². The van der Waals surface area contributed by atoms with Gasteiger partial charge in [-0.2, -0.15) is 0 Å². The highest BCUT2D eigenvalue weighted by atomic mass is 35.5. The predicted molar refractivity (Wildman–Crippen MR) is 108 cm³/mol. The maximum absolute atomic E-state index is 13.8. The van der Waals surface area contributed by atoms with Crippen molar-refractivity contribution in [3.05, 3.63) is 94.3 Å². The molecule has 0 radical (unpaired) electrons. The summed E-state index contributed by atoms with van der Waals surface area (Å²) in [6.07, 6.45) is 3.57. The van der Waals surface area contributed by atoms with Crippen molar-refractivity contribution in [3.8, 4) is 23.0 Å². The summed E-state index contributed by atoms with van der Waals surface area (Å²) in [5.74, 6) is 5.46. The second-order valence-electron chi connectivity index (χ2n) is 6.25. The van der Waals surface area contributed by atoms with Crippen LogP contribution in [0, 0.1) is 17.7 Å². The average Bonchev–Trinajstić information content (AvgIpc) is 2.66.